The summed E-state index contributed by atoms with van der Waals surface area (Å²) in [5.41, 5.74) is 1.59. The van der Waals surface area contributed by atoms with Gasteiger partial charge in [-0.3, -0.25) is 4.98 Å². The van der Waals surface area contributed by atoms with Crippen LogP contribution >= 0.6 is 0 Å². The van der Waals surface area contributed by atoms with Crippen LogP contribution in [0, 0.1) is 6.92 Å². The molecule has 1 N–H and O–H groups in total. The van der Waals surface area contributed by atoms with Crippen LogP contribution in [0.2, 0.25) is 0 Å². The number of aromatic nitrogens is 3. The van der Waals surface area contributed by atoms with Crippen LogP contribution in [0.5, 0.6) is 0 Å². The quantitative estimate of drug-likeness (QED) is 0.813. The van der Waals surface area contributed by atoms with Gasteiger partial charge in [-0.2, -0.15) is 0 Å². The molecule has 86 valence electrons. The number of hydrogen-bond acceptors (Lipinski definition) is 3. The fraction of sp³-hybridized carbons (Fsp3) is 0.0833. The molecule has 0 aliphatic carbocycles. The van der Waals surface area contributed by atoms with E-state index < -0.39 is 5.97 Å². The molecule has 0 aliphatic heterocycles. The smallest absolute Gasteiger partial charge is 0.328 e. The van der Waals surface area contributed by atoms with E-state index in [9.17, 15) is 4.79 Å². The number of aryl methyl sites for hydroxylation is 1. The number of imidazole rings is 1. The minimum atomic E-state index is -0.978. The maximum Gasteiger partial charge on any atom is 0.328 e. The highest BCUT2D eigenvalue weighted by Gasteiger charge is 2.01. The summed E-state index contributed by atoms with van der Waals surface area (Å²) in [4.78, 5) is 18.6. The average molecular weight is 229 g/mol. The summed E-state index contributed by atoms with van der Waals surface area (Å²) in [6.07, 6.45) is 9.43. The normalized spacial score (nSPS) is 10.9. The molecule has 0 atom stereocenters. The fourth-order valence-electron chi connectivity index (χ4n) is 1.49. The second-order valence-corrected chi connectivity index (χ2v) is 3.49. The minimum Gasteiger partial charge on any atom is -0.478 e. The van der Waals surface area contributed by atoms with E-state index in [4.69, 9.17) is 5.11 Å². The SMILES string of the molecule is Cc1nccn1-c1cncc(/C=C/C(=O)O)c1. The van der Waals surface area contributed by atoms with Crippen LogP contribution < -0.4 is 0 Å². The molecule has 0 saturated carbocycles. The van der Waals surface area contributed by atoms with E-state index in [2.05, 4.69) is 9.97 Å². The van der Waals surface area contributed by atoms with Crippen LogP contribution in [0.3, 0.4) is 0 Å². The molecule has 2 aromatic rings. The van der Waals surface area contributed by atoms with Crippen molar-refractivity contribution < 1.29 is 9.90 Å². The van der Waals surface area contributed by atoms with Crippen molar-refractivity contribution in [2.75, 3.05) is 0 Å². The Hall–Kier alpha value is -2.43. The number of aliphatic carboxylic acids is 1. The van der Waals surface area contributed by atoms with Gasteiger partial charge in [0.25, 0.3) is 0 Å². The highest BCUT2D eigenvalue weighted by Crippen LogP contribution is 2.11. The molecule has 0 fully saturated rings. The van der Waals surface area contributed by atoms with Crippen molar-refractivity contribution in [2.45, 2.75) is 6.92 Å². The summed E-state index contributed by atoms with van der Waals surface area (Å²) in [5, 5.41) is 8.55. The van der Waals surface area contributed by atoms with Gasteiger partial charge < -0.3 is 9.67 Å². The first kappa shape index (κ1) is 11.1. The lowest BCUT2D eigenvalue weighted by atomic mass is 10.2. The van der Waals surface area contributed by atoms with E-state index >= 15 is 0 Å². The summed E-state index contributed by atoms with van der Waals surface area (Å²) < 4.78 is 1.88. The Morgan fingerprint density at radius 2 is 2.29 bits per heavy atom. The van der Waals surface area contributed by atoms with E-state index in [1.807, 2.05) is 23.8 Å². The third-order valence-corrected chi connectivity index (χ3v) is 2.27. The van der Waals surface area contributed by atoms with Gasteiger partial charge >= 0.3 is 5.97 Å². The van der Waals surface area contributed by atoms with Crippen LogP contribution in [-0.2, 0) is 4.79 Å². The number of rotatable bonds is 3. The first-order valence-corrected chi connectivity index (χ1v) is 5.03. The zero-order valence-electron chi connectivity index (χ0n) is 9.24. The summed E-state index contributed by atoms with van der Waals surface area (Å²) in [6, 6.07) is 1.85. The number of pyridine rings is 1. The highest BCUT2D eigenvalue weighted by atomic mass is 16.4. The number of carboxylic acid groups (broad SMARTS) is 1. The summed E-state index contributed by atoms with van der Waals surface area (Å²) in [5.74, 6) is -0.125. The molecule has 0 bridgehead atoms. The van der Waals surface area contributed by atoms with Crippen LogP contribution in [0.1, 0.15) is 11.4 Å². The maximum absolute atomic E-state index is 10.4. The van der Waals surface area contributed by atoms with Crippen molar-refractivity contribution in [2.24, 2.45) is 0 Å². The predicted octanol–water partition coefficient (Wildman–Crippen LogP) is 1.67. The molecule has 17 heavy (non-hydrogen) atoms. The summed E-state index contributed by atoms with van der Waals surface area (Å²) in [6.45, 7) is 1.89. The molecule has 0 radical (unpaired) electrons. The van der Waals surface area contributed by atoms with Crippen molar-refractivity contribution in [3.63, 3.8) is 0 Å². The van der Waals surface area contributed by atoms with Gasteiger partial charge in [-0.25, -0.2) is 9.78 Å². The first-order chi connectivity index (χ1) is 8.16. The van der Waals surface area contributed by atoms with Crippen molar-refractivity contribution in [3.8, 4) is 5.69 Å². The van der Waals surface area contributed by atoms with Crippen molar-refractivity contribution >= 4 is 12.0 Å². The van der Waals surface area contributed by atoms with Gasteiger partial charge in [0.05, 0.1) is 11.9 Å². The molecule has 2 heterocycles. The number of nitrogens with zero attached hydrogens (tertiary/aromatic N) is 3. The number of carbonyl (C=O) groups is 1. The maximum atomic E-state index is 10.4. The Labute approximate surface area is 98.1 Å². The van der Waals surface area contributed by atoms with Gasteiger partial charge in [-0.05, 0) is 24.6 Å². The van der Waals surface area contributed by atoms with Gasteiger partial charge in [0.15, 0.2) is 0 Å². The molecule has 0 aliphatic rings. The standard InChI is InChI=1S/C12H11N3O2/c1-9-14-4-5-15(9)11-6-10(7-13-8-11)2-3-12(16)17/h2-8H,1H3,(H,16,17)/b3-2+. The number of hydrogen-bond donors (Lipinski definition) is 1. The second-order valence-electron chi connectivity index (χ2n) is 3.49. The van der Waals surface area contributed by atoms with E-state index in [1.165, 1.54) is 6.08 Å². The van der Waals surface area contributed by atoms with Gasteiger partial charge in [-0.15, -0.1) is 0 Å². The zero-order chi connectivity index (χ0) is 12.3. The van der Waals surface area contributed by atoms with Gasteiger partial charge in [0.1, 0.15) is 5.82 Å². The topological polar surface area (TPSA) is 68.0 Å². The summed E-state index contributed by atoms with van der Waals surface area (Å²) >= 11 is 0. The largest absolute Gasteiger partial charge is 0.478 e. The Bertz CT molecular complexity index is 573. The van der Waals surface area contributed by atoms with E-state index in [1.54, 1.807) is 18.6 Å². The zero-order valence-corrected chi connectivity index (χ0v) is 9.24. The van der Waals surface area contributed by atoms with Gasteiger partial charge in [-0.1, -0.05) is 0 Å². The monoisotopic (exact) mass is 229 g/mol. The molecular weight excluding hydrogens is 218 g/mol. The van der Waals surface area contributed by atoms with Crippen molar-refractivity contribution in [1.29, 1.82) is 0 Å². The lowest BCUT2D eigenvalue weighted by Gasteiger charge is -2.04. The van der Waals surface area contributed by atoms with Crippen molar-refractivity contribution in [3.05, 3.63) is 48.3 Å². The predicted molar refractivity (Wildman–Crippen MR) is 62.8 cm³/mol. The molecule has 0 amide bonds. The molecule has 0 unspecified atom stereocenters. The van der Waals surface area contributed by atoms with Crippen LogP contribution in [0.25, 0.3) is 11.8 Å². The van der Waals surface area contributed by atoms with E-state index in [-0.39, 0.29) is 0 Å². The molecule has 2 rings (SSSR count). The van der Waals surface area contributed by atoms with Crippen molar-refractivity contribution in [1.82, 2.24) is 14.5 Å². The van der Waals surface area contributed by atoms with Crippen LogP contribution in [0.15, 0.2) is 36.9 Å². The molecule has 5 nitrogen and oxygen atoms in total. The Kier molecular flexibility index (Phi) is 3.00. The average Bonchev–Trinajstić information content (AvgIpc) is 2.73. The lowest BCUT2D eigenvalue weighted by Crippen LogP contribution is -1.96. The lowest BCUT2D eigenvalue weighted by molar-refractivity contribution is -0.131. The first-order valence-electron chi connectivity index (χ1n) is 5.03. The Balaban J connectivity index is 2.35. The molecule has 2 aromatic heterocycles. The molecule has 5 heteroatoms. The van der Waals surface area contributed by atoms with Gasteiger partial charge in [0.2, 0.25) is 0 Å². The molecule has 0 spiro atoms. The third kappa shape index (κ3) is 2.57. The van der Waals surface area contributed by atoms with Gasteiger partial charge in [0, 0.05) is 24.7 Å². The minimum absolute atomic E-state index is 0.734. The Morgan fingerprint density at radius 3 is 2.94 bits per heavy atom. The third-order valence-electron chi connectivity index (χ3n) is 2.27. The highest BCUT2D eigenvalue weighted by molar-refractivity contribution is 5.85. The molecule has 0 aromatic carbocycles. The fourth-order valence-corrected chi connectivity index (χ4v) is 1.49. The van der Waals surface area contributed by atoms with E-state index in [0.717, 1.165) is 23.2 Å². The summed E-state index contributed by atoms with van der Waals surface area (Å²) in [7, 11) is 0. The second kappa shape index (κ2) is 4.61. The van der Waals surface area contributed by atoms with Crippen LogP contribution in [-0.4, -0.2) is 25.6 Å². The Morgan fingerprint density at radius 1 is 1.47 bits per heavy atom. The molecular formula is C12H11N3O2. The van der Waals surface area contributed by atoms with Crippen LogP contribution in [0.4, 0.5) is 0 Å². The van der Waals surface area contributed by atoms with E-state index in [0.29, 0.717) is 0 Å². The number of carboxylic acids is 1. The molecule has 0 saturated heterocycles.